The van der Waals surface area contributed by atoms with Crippen molar-refractivity contribution < 1.29 is 9.53 Å². The standard InChI is InChI=1S/C10H16N4O2/c1-14-9(2-3-12-14)13-10(15)6-8-7-16-5-4-11-8/h2-3,8,11H,4-7H2,1H3,(H,13,15). The number of hydrogen-bond acceptors (Lipinski definition) is 4. The summed E-state index contributed by atoms with van der Waals surface area (Å²) >= 11 is 0. The van der Waals surface area contributed by atoms with Crippen molar-refractivity contribution in [3.63, 3.8) is 0 Å². The molecule has 0 spiro atoms. The van der Waals surface area contributed by atoms with Crippen LogP contribution in [0.3, 0.4) is 0 Å². The van der Waals surface area contributed by atoms with Crippen LogP contribution in [0, 0.1) is 0 Å². The van der Waals surface area contributed by atoms with Gasteiger partial charge in [-0.15, -0.1) is 0 Å². The molecular formula is C10H16N4O2. The third kappa shape index (κ3) is 2.80. The molecular weight excluding hydrogens is 208 g/mol. The Kier molecular flexibility index (Phi) is 3.53. The fourth-order valence-electron chi connectivity index (χ4n) is 1.67. The zero-order valence-electron chi connectivity index (χ0n) is 9.27. The van der Waals surface area contributed by atoms with Crippen molar-refractivity contribution in [2.24, 2.45) is 7.05 Å². The van der Waals surface area contributed by atoms with Crippen LogP contribution in [0.4, 0.5) is 5.82 Å². The fraction of sp³-hybridized carbons (Fsp3) is 0.600. The van der Waals surface area contributed by atoms with Crippen molar-refractivity contribution in [2.75, 3.05) is 25.1 Å². The van der Waals surface area contributed by atoms with Crippen molar-refractivity contribution in [1.29, 1.82) is 0 Å². The molecule has 0 aliphatic carbocycles. The van der Waals surface area contributed by atoms with Gasteiger partial charge in [0.1, 0.15) is 5.82 Å². The topological polar surface area (TPSA) is 68.2 Å². The first kappa shape index (κ1) is 11.1. The summed E-state index contributed by atoms with van der Waals surface area (Å²) in [5.41, 5.74) is 0. The molecule has 0 aromatic carbocycles. The molecule has 1 saturated heterocycles. The van der Waals surface area contributed by atoms with Gasteiger partial charge in [-0.3, -0.25) is 9.48 Å². The molecule has 6 heteroatoms. The third-order valence-corrected chi connectivity index (χ3v) is 2.52. The van der Waals surface area contributed by atoms with Crippen molar-refractivity contribution in [1.82, 2.24) is 15.1 Å². The average Bonchev–Trinajstić information content (AvgIpc) is 2.66. The average molecular weight is 224 g/mol. The molecule has 1 aromatic heterocycles. The second-order valence-electron chi connectivity index (χ2n) is 3.82. The van der Waals surface area contributed by atoms with Crippen LogP contribution in [-0.4, -0.2) is 41.5 Å². The van der Waals surface area contributed by atoms with E-state index in [1.165, 1.54) is 0 Å². The van der Waals surface area contributed by atoms with Crippen LogP contribution in [0.15, 0.2) is 12.3 Å². The van der Waals surface area contributed by atoms with Crippen LogP contribution in [0.5, 0.6) is 0 Å². The Hall–Kier alpha value is -1.40. The largest absolute Gasteiger partial charge is 0.378 e. The summed E-state index contributed by atoms with van der Waals surface area (Å²) in [7, 11) is 1.79. The van der Waals surface area contributed by atoms with E-state index in [2.05, 4.69) is 15.7 Å². The Morgan fingerprint density at radius 1 is 1.81 bits per heavy atom. The van der Waals surface area contributed by atoms with Crippen molar-refractivity contribution in [2.45, 2.75) is 12.5 Å². The number of aromatic nitrogens is 2. The Labute approximate surface area is 94.0 Å². The molecule has 88 valence electrons. The van der Waals surface area contributed by atoms with Crippen molar-refractivity contribution in [3.8, 4) is 0 Å². The van der Waals surface area contributed by atoms with Gasteiger partial charge in [0.05, 0.1) is 19.4 Å². The molecule has 0 saturated carbocycles. The van der Waals surface area contributed by atoms with E-state index in [0.29, 0.717) is 18.8 Å². The van der Waals surface area contributed by atoms with E-state index in [-0.39, 0.29) is 11.9 Å². The maximum Gasteiger partial charge on any atom is 0.227 e. The first-order valence-corrected chi connectivity index (χ1v) is 5.34. The van der Waals surface area contributed by atoms with Crippen LogP contribution in [-0.2, 0) is 16.6 Å². The Morgan fingerprint density at radius 2 is 2.69 bits per heavy atom. The lowest BCUT2D eigenvalue weighted by molar-refractivity contribution is -0.117. The highest BCUT2D eigenvalue weighted by molar-refractivity contribution is 5.90. The molecule has 6 nitrogen and oxygen atoms in total. The van der Waals surface area contributed by atoms with Gasteiger partial charge in [0.2, 0.25) is 5.91 Å². The number of ether oxygens (including phenoxy) is 1. The van der Waals surface area contributed by atoms with E-state index >= 15 is 0 Å². The van der Waals surface area contributed by atoms with Gasteiger partial charge < -0.3 is 15.4 Å². The SMILES string of the molecule is Cn1nccc1NC(=O)CC1COCCN1. The number of carbonyl (C=O) groups is 1. The predicted octanol–water partition coefficient (Wildman–Crippen LogP) is -0.263. The number of morpholine rings is 1. The van der Waals surface area contributed by atoms with E-state index in [9.17, 15) is 4.79 Å². The summed E-state index contributed by atoms with van der Waals surface area (Å²) in [5, 5.41) is 10.0. The molecule has 1 aliphatic rings. The Morgan fingerprint density at radius 3 is 3.31 bits per heavy atom. The molecule has 2 rings (SSSR count). The lowest BCUT2D eigenvalue weighted by Gasteiger charge is -2.23. The lowest BCUT2D eigenvalue weighted by Crippen LogP contribution is -2.43. The third-order valence-electron chi connectivity index (χ3n) is 2.52. The fourth-order valence-corrected chi connectivity index (χ4v) is 1.67. The molecule has 1 fully saturated rings. The van der Waals surface area contributed by atoms with Gasteiger partial charge >= 0.3 is 0 Å². The number of nitrogens with zero attached hydrogens (tertiary/aromatic N) is 2. The van der Waals surface area contributed by atoms with E-state index < -0.39 is 0 Å². The van der Waals surface area contributed by atoms with Crippen LogP contribution in [0.2, 0.25) is 0 Å². The van der Waals surface area contributed by atoms with Crippen molar-refractivity contribution in [3.05, 3.63) is 12.3 Å². The second-order valence-corrected chi connectivity index (χ2v) is 3.82. The molecule has 1 aliphatic heterocycles. The van der Waals surface area contributed by atoms with E-state index in [0.717, 1.165) is 13.2 Å². The summed E-state index contributed by atoms with van der Waals surface area (Å²) in [5.74, 6) is 0.688. The van der Waals surface area contributed by atoms with E-state index in [1.54, 1.807) is 24.0 Å². The highest BCUT2D eigenvalue weighted by Crippen LogP contribution is 2.06. The molecule has 0 radical (unpaired) electrons. The first-order chi connectivity index (χ1) is 7.75. The molecule has 16 heavy (non-hydrogen) atoms. The summed E-state index contributed by atoms with van der Waals surface area (Å²) in [6, 6.07) is 1.88. The second kappa shape index (κ2) is 5.09. The Bertz CT molecular complexity index is 357. The molecule has 1 atom stereocenters. The molecule has 0 bridgehead atoms. The number of anilines is 1. The molecule has 2 heterocycles. The summed E-state index contributed by atoms with van der Waals surface area (Å²) in [6.07, 6.45) is 2.07. The minimum absolute atomic E-state index is 0.0217. The lowest BCUT2D eigenvalue weighted by atomic mass is 10.2. The number of nitrogens with one attached hydrogen (secondary N) is 2. The summed E-state index contributed by atoms with van der Waals surface area (Å²) in [6.45, 7) is 2.13. The summed E-state index contributed by atoms with van der Waals surface area (Å²) < 4.78 is 6.91. The minimum atomic E-state index is -0.0217. The molecule has 2 N–H and O–H groups in total. The zero-order chi connectivity index (χ0) is 11.4. The highest BCUT2D eigenvalue weighted by atomic mass is 16.5. The van der Waals surface area contributed by atoms with Crippen LogP contribution in [0.25, 0.3) is 0 Å². The van der Waals surface area contributed by atoms with Crippen molar-refractivity contribution >= 4 is 11.7 Å². The van der Waals surface area contributed by atoms with Gasteiger partial charge in [0, 0.05) is 32.1 Å². The van der Waals surface area contributed by atoms with Gasteiger partial charge in [-0.1, -0.05) is 0 Å². The van der Waals surface area contributed by atoms with E-state index in [4.69, 9.17) is 4.74 Å². The number of carbonyl (C=O) groups excluding carboxylic acids is 1. The van der Waals surface area contributed by atoms with Gasteiger partial charge in [0.25, 0.3) is 0 Å². The maximum atomic E-state index is 11.7. The Balaban J connectivity index is 1.82. The van der Waals surface area contributed by atoms with Gasteiger partial charge in [-0.2, -0.15) is 5.10 Å². The number of rotatable bonds is 3. The normalized spacial score (nSPS) is 20.7. The predicted molar refractivity (Wildman–Crippen MR) is 59.1 cm³/mol. The number of amides is 1. The monoisotopic (exact) mass is 224 g/mol. The van der Waals surface area contributed by atoms with E-state index in [1.807, 2.05) is 0 Å². The van der Waals surface area contributed by atoms with Crippen LogP contribution in [0.1, 0.15) is 6.42 Å². The molecule has 1 aromatic rings. The summed E-state index contributed by atoms with van der Waals surface area (Å²) in [4.78, 5) is 11.7. The molecule has 1 unspecified atom stereocenters. The highest BCUT2D eigenvalue weighted by Gasteiger charge is 2.17. The number of aryl methyl sites for hydroxylation is 1. The number of hydrogen-bond donors (Lipinski definition) is 2. The van der Waals surface area contributed by atoms with Crippen LogP contribution < -0.4 is 10.6 Å². The molecule has 1 amide bonds. The maximum absolute atomic E-state index is 11.7. The first-order valence-electron chi connectivity index (χ1n) is 5.34. The van der Waals surface area contributed by atoms with Crippen LogP contribution >= 0.6 is 0 Å². The van der Waals surface area contributed by atoms with Gasteiger partial charge in [-0.25, -0.2) is 0 Å². The minimum Gasteiger partial charge on any atom is -0.378 e. The smallest absolute Gasteiger partial charge is 0.227 e. The van der Waals surface area contributed by atoms with Gasteiger partial charge in [0.15, 0.2) is 0 Å². The zero-order valence-corrected chi connectivity index (χ0v) is 9.27. The van der Waals surface area contributed by atoms with Gasteiger partial charge in [-0.05, 0) is 0 Å². The quantitative estimate of drug-likeness (QED) is 0.742.